The lowest BCUT2D eigenvalue weighted by molar-refractivity contribution is -0.174. The van der Waals surface area contributed by atoms with E-state index in [1.807, 2.05) is 0 Å². The monoisotopic (exact) mass is 295 g/mol. The Kier molecular flexibility index (Phi) is 5.65. The lowest BCUT2D eigenvalue weighted by Gasteiger charge is -2.34. The number of nitrogens with zero attached hydrogens (tertiary/aromatic N) is 2. The van der Waals surface area contributed by atoms with E-state index in [0.29, 0.717) is 18.6 Å². The van der Waals surface area contributed by atoms with Gasteiger partial charge in [0.25, 0.3) is 0 Å². The van der Waals surface area contributed by atoms with Gasteiger partial charge < -0.3 is 10.5 Å². The number of piperidine rings is 1. The summed E-state index contributed by atoms with van der Waals surface area (Å²) in [4.78, 5) is 4.66. The highest BCUT2D eigenvalue weighted by Gasteiger charge is 2.30. The van der Waals surface area contributed by atoms with Gasteiger partial charge in [-0.3, -0.25) is 9.80 Å². The van der Waals surface area contributed by atoms with Crippen LogP contribution in [0.5, 0.6) is 0 Å². The van der Waals surface area contributed by atoms with Gasteiger partial charge in [0.1, 0.15) is 6.61 Å². The largest absolute Gasteiger partial charge is 0.411 e. The number of halogens is 3. The molecule has 0 aromatic rings. The van der Waals surface area contributed by atoms with Crippen LogP contribution in [0.4, 0.5) is 13.2 Å². The van der Waals surface area contributed by atoms with Crippen molar-refractivity contribution in [3.05, 3.63) is 0 Å². The molecular formula is C13H24F3N3O. The van der Waals surface area contributed by atoms with Crippen LogP contribution in [0.1, 0.15) is 19.3 Å². The number of rotatable bonds is 5. The highest BCUT2D eigenvalue weighted by atomic mass is 19.4. The Hall–Kier alpha value is -0.370. The quantitative estimate of drug-likeness (QED) is 0.770. The van der Waals surface area contributed by atoms with Gasteiger partial charge in [-0.1, -0.05) is 0 Å². The van der Waals surface area contributed by atoms with Gasteiger partial charge in [-0.15, -0.1) is 0 Å². The summed E-state index contributed by atoms with van der Waals surface area (Å²) in [5.74, 6) is 0. The zero-order valence-corrected chi connectivity index (χ0v) is 11.7. The van der Waals surface area contributed by atoms with Crippen LogP contribution in [0.2, 0.25) is 0 Å². The maximum atomic E-state index is 11.9. The highest BCUT2D eigenvalue weighted by molar-refractivity contribution is 4.86. The fourth-order valence-corrected chi connectivity index (χ4v) is 2.98. The lowest BCUT2D eigenvalue weighted by atomic mass is 10.0. The maximum absolute atomic E-state index is 11.9. The standard InChI is InChI=1S/C13H24F3N3O/c14-13(15,16)10-20-8-7-18-4-3-12(9-18)19-5-1-11(17)2-6-19/h11-12H,1-10,17H2. The van der Waals surface area contributed by atoms with Crippen LogP contribution in [0.3, 0.4) is 0 Å². The second-order valence-corrected chi connectivity index (χ2v) is 5.78. The average molecular weight is 295 g/mol. The third kappa shape index (κ3) is 5.20. The second kappa shape index (κ2) is 7.06. The van der Waals surface area contributed by atoms with E-state index in [2.05, 4.69) is 14.5 Å². The van der Waals surface area contributed by atoms with Gasteiger partial charge in [0.2, 0.25) is 0 Å². The molecule has 2 fully saturated rings. The molecule has 1 unspecified atom stereocenters. The van der Waals surface area contributed by atoms with E-state index in [9.17, 15) is 13.2 Å². The van der Waals surface area contributed by atoms with E-state index in [-0.39, 0.29) is 6.61 Å². The Morgan fingerprint density at radius 3 is 2.45 bits per heavy atom. The zero-order chi connectivity index (χ0) is 14.6. The van der Waals surface area contributed by atoms with E-state index >= 15 is 0 Å². The molecule has 118 valence electrons. The van der Waals surface area contributed by atoms with Crippen molar-refractivity contribution < 1.29 is 17.9 Å². The molecule has 1 atom stereocenters. The van der Waals surface area contributed by atoms with Gasteiger partial charge in [-0.2, -0.15) is 13.2 Å². The second-order valence-electron chi connectivity index (χ2n) is 5.78. The number of alkyl halides is 3. The first-order valence-corrected chi connectivity index (χ1v) is 7.30. The fourth-order valence-electron chi connectivity index (χ4n) is 2.98. The number of ether oxygens (including phenoxy) is 1. The average Bonchev–Trinajstić information content (AvgIpc) is 2.83. The first-order valence-electron chi connectivity index (χ1n) is 7.30. The summed E-state index contributed by atoms with van der Waals surface area (Å²) in [5.41, 5.74) is 5.89. The molecular weight excluding hydrogens is 271 g/mol. The molecule has 2 aliphatic heterocycles. The van der Waals surface area contributed by atoms with Gasteiger partial charge >= 0.3 is 6.18 Å². The number of likely N-dealkylation sites (tertiary alicyclic amines) is 2. The molecule has 0 radical (unpaired) electrons. The molecule has 7 heteroatoms. The molecule has 0 aromatic heterocycles. The van der Waals surface area contributed by atoms with E-state index in [0.717, 1.165) is 45.4 Å². The van der Waals surface area contributed by atoms with Crippen molar-refractivity contribution in [1.29, 1.82) is 0 Å². The minimum absolute atomic E-state index is 0.150. The molecule has 0 saturated carbocycles. The van der Waals surface area contributed by atoms with Crippen molar-refractivity contribution in [3.63, 3.8) is 0 Å². The summed E-state index contributed by atoms with van der Waals surface area (Å²) in [6.45, 7) is 3.56. The van der Waals surface area contributed by atoms with Crippen LogP contribution < -0.4 is 5.73 Å². The van der Waals surface area contributed by atoms with E-state index in [4.69, 9.17) is 5.73 Å². The Bertz CT molecular complexity index is 293. The maximum Gasteiger partial charge on any atom is 0.411 e. The first-order chi connectivity index (χ1) is 9.44. The summed E-state index contributed by atoms with van der Waals surface area (Å²) in [7, 11) is 0. The van der Waals surface area contributed by atoms with E-state index in [1.165, 1.54) is 0 Å². The molecule has 0 aromatic carbocycles. The molecule has 20 heavy (non-hydrogen) atoms. The number of nitrogens with two attached hydrogens (primary N) is 1. The normalized spacial score (nSPS) is 27.3. The highest BCUT2D eigenvalue weighted by Crippen LogP contribution is 2.20. The summed E-state index contributed by atoms with van der Waals surface area (Å²) in [6, 6.07) is 0.865. The molecule has 4 nitrogen and oxygen atoms in total. The summed E-state index contributed by atoms with van der Waals surface area (Å²) < 4.78 is 40.5. The van der Waals surface area contributed by atoms with Gasteiger partial charge in [0.15, 0.2) is 0 Å². The molecule has 2 saturated heterocycles. The van der Waals surface area contributed by atoms with Gasteiger partial charge in [-0.25, -0.2) is 0 Å². The Morgan fingerprint density at radius 1 is 1.10 bits per heavy atom. The van der Waals surface area contributed by atoms with Crippen LogP contribution in [0.15, 0.2) is 0 Å². The van der Waals surface area contributed by atoms with Crippen molar-refractivity contribution in [2.24, 2.45) is 5.73 Å². The van der Waals surface area contributed by atoms with Crippen molar-refractivity contribution in [2.45, 2.75) is 37.5 Å². The summed E-state index contributed by atoms with van der Waals surface area (Å²) in [6.07, 6.45) is -1.04. The van der Waals surface area contributed by atoms with Gasteiger partial charge in [0.05, 0.1) is 6.61 Å². The van der Waals surface area contributed by atoms with Crippen LogP contribution in [-0.2, 0) is 4.74 Å². The van der Waals surface area contributed by atoms with E-state index < -0.39 is 12.8 Å². The van der Waals surface area contributed by atoms with E-state index in [1.54, 1.807) is 0 Å². The SMILES string of the molecule is NC1CCN(C2CCN(CCOCC(F)(F)F)C2)CC1. The first kappa shape index (κ1) is 16.0. The van der Waals surface area contributed by atoms with Gasteiger partial charge in [0, 0.05) is 25.2 Å². The smallest absolute Gasteiger partial charge is 0.371 e. The van der Waals surface area contributed by atoms with Crippen molar-refractivity contribution in [1.82, 2.24) is 9.80 Å². The minimum atomic E-state index is -4.22. The van der Waals surface area contributed by atoms with Crippen LogP contribution in [0.25, 0.3) is 0 Å². The Labute approximate surface area is 118 Å². The summed E-state index contributed by atoms with van der Waals surface area (Å²) >= 11 is 0. The molecule has 2 N–H and O–H groups in total. The minimum Gasteiger partial charge on any atom is -0.371 e. The summed E-state index contributed by atoms with van der Waals surface area (Å²) in [5, 5.41) is 0. The Morgan fingerprint density at radius 2 is 1.80 bits per heavy atom. The molecule has 0 bridgehead atoms. The predicted octanol–water partition coefficient (Wildman–Crippen LogP) is 1.06. The zero-order valence-electron chi connectivity index (χ0n) is 11.7. The molecule has 0 amide bonds. The Balaban J connectivity index is 1.60. The van der Waals surface area contributed by atoms with Crippen molar-refractivity contribution >= 4 is 0 Å². The molecule has 0 aliphatic carbocycles. The van der Waals surface area contributed by atoms with Crippen LogP contribution >= 0.6 is 0 Å². The fraction of sp³-hybridized carbons (Fsp3) is 1.00. The predicted molar refractivity (Wildman–Crippen MR) is 70.5 cm³/mol. The van der Waals surface area contributed by atoms with Crippen molar-refractivity contribution in [3.8, 4) is 0 Å². The third-order valence-electron chi connectivity index (χ3n) is 4.16. The molecule has 2 heterocycles. The molecule has 0 spiro atoms. The molecule has 2 rings (SSSR count). The third-order valence-corrected chi connectivity index (χ3v) is 4.16. The van der Waals surface area contributed by atoms with Gasteiger partial charge in [-0.05, 0) is 38.9 Å². The van der Waals surface area contributed by atoms with Crippen molar-refractivity contribution in [2.75, 3.05) is 45.9 Å². The van der Waals surface area contributed by atoms with Crippen LogP contribution in [0, 0.1) is 0 Å². The topological polar surface area (TPSA) is 41.7 Å². The number of hydrogen-bond donors (Lipinski definition) is 1. The van der Waals surface area contributed by atoms with Crippen LogP contribution in [-0.4, -0.2) is 74.0 Å². The lowest BCUT2D eigenvalue weighted by Crippen LogP contribution is -2.46. The number of hydrogen-bond acceptors (Lipinski definition) is 4. The molecule has 2 aliphatic rings.